The summed E-state index contributed by atoms with van der Waals surface area (Å²) in [4.78, 5) is 15.3. The van der Waals surface area contributed by atoms with E-state index in [9.17, 15) is 18.0 Å². The molecule has 0 saturated heterocycles. The van der Waals surface area contributed by atoms with Crippen LogP contribution in [0.2, 0.25) is 0 Å². The zero-order valence-electron chi connectivity index (χ0n) is 18.4. The maximum Gasteiger partial charge on any atom is 0.416 e. The van der Waals surface area contributed by atoms with Crippen molar-refractivity contribution in [3.8, 4) is 5.69 Å². The molecule has 172 valence electrons. The highest BCUT2D eigenvalue weighted by Crippen LogP contribution is 2.37. The minimum absolute atomic E-state index is 0.0933. The molecule has 2 heterocycles. The Morgan fingerprint density at radius 3 is 2.53 bits per heavy atom. The van der Waals surface area contributed by atoms with Crippen LogP contribution in [0.5, 0.6) is 0 Å². The lowest BCUT2D eigenvalue weighted by molar-refractivity contribution is -0.137. The molecule has 4 aromatic rings. The Morgan fingerprint density at radius 1 is 0.941 bits per heavy atom. The van der Waals surface area contributed by atoms with Crippen molar-refractivity contribution in [2.75, 3.05) is 5.32 Å². The van der Waals surface area contributed by atoms with E-state index in [1.54, 1.807) is 4.90 Å². The number of anilines is 1. The number of benzene rings is 3. The quantitative estimate of drug-likeness (QED) is 0.345. The maximum atomic E-state index is 13.6. The molecule has 1 atom stereocenters. The smallest absolute Gasteiger partial charge is 0.318 e. The van der Waals surface area contributed by atoms with Gasteiger partial charge in [0.15, 0.2) is 0 Å². The number of carbonyl (C=O) groups excluding carboxylic acids is 1. The molecule has 3 aromatic carbocycles. The fourth-order valence-corrected chi connectivity index (χ4v) is 4.50. The van der Waals surface area contributed by atoms with Crippen molar-refractivity contribution in [1.29, 1.82) is 0 Å². The second-order valence-electron chi connectivity index (χ2n) is 8.39. The number of hydrogen-bond acceptors (Lipinski definition) is 1. The van der Waals surface area contributed by atoms with Crippen molar-refractivity contribution < 1.29 is 18.0 Å². The zero-order chi connectivity index (χ0) is 23.9. The zero-order valence-corrected chi connectivity index (χ0v) is 18.4. The predicted octanol–water partition coefficient (Wildman–Crippen LogP) is 6.94. The van der Waals surface area contributed by atoms with E-state index in [4.69, 9.17) is 0 Å². The molecule has 0 fully saturated rings. The number of carbonyl (C=O) groups is 1. The molecule has 7 heteroatoms. The number of nitrogens with zero attached hydrogens (tertiary/aromatic N) is 2. The van der Waals surface area contributed by atoms with Crippen molar-refractivity contribution in [1.82, 2.24) is 9.47 Å². The number of nitrogens with one attached hydrogen (secondary N) is 1. The number of urea groups is 1. The van der Waals surface area contributed by atoms with E-state index in [0.29, 0.717) is 6.54 Å². The molecule has 34 heavy (non-hydrogen) atoms. The van der Waals surface area contributed by atoms with Crippen molar-refractivity contribution >= 4 is 11.7 Å². The van der Waals surface area contributed by atoms with Crippen molar-refractivity contribution in [3.05, 3.63) is 119 Å². The minimum Gasteiger partial charge on any atom is -0.318 e. The van der Waals surface area contributed by atoms with Gasteiger partial charge >= 0.3 is 12.2 Å². The molecule has 4 nitrogen and oxygen atoms in total. The number of alkyl halides is 3. The van der Waals surface area contributed by atoms with Crippen LogP contribution in [-0.2, 0) is 12.7 Å². The molecule has 0 radical (unpaired) electrons. The van der Waals surface area contributed by atoms with Gasteiger partial charge in [-0.05, 0) is 54.4 Å². The Balaban J connectivity index is 1.60. The van der Waals surface area contributed by atoms with Gasteiger partial charge in [-0.15, -0.1) is 0 Å². The number of aryl methyl sites for hydroxylation is 1. The number of rotatable bonds is 2. The molecule has 2 amide bonds. The minimum atomic E-state index is -4.49. The summed E-state index contributed by atoms with van der Waals surface area (Å²) in [6, 6.07) is 23.4. The SMILES string of the molecule is Cc1cccc(C2c3cccn3-c3ccccc3CN2C(=O)Nc2cccc(C(F)(F)F)c2)c1. The number of fused-ring (bicyclic) bond motifs is 3. The van der Waals surface area contributed by atoms with Crippen LogP contribution >= 0.6 is 0 Å². The molecule has 0 spiro atoms. The number of amides is 2. The van der Waals surface area contributed by atoms with Gasteiger partial charge in [-0.25, -0.2) is 4.79 Å². The first-order valence-corrected chi connectivity index (χ1v) is 10.9. The van der Waals surface area contributed by atoms with Gasteiger partial charge in [0.05, 0.1) is 23.8 Å². The van der Waals surface area contributed by atoms with E-state index in [1.165, 1.54) is 12.1 Å². The Hall–Kier alpha value is -4.00. The van der Waals surface area contributed by atoms with Gasteiger partial charge in [0, 0.05) is 17.6 Å². The van der Waals surface area contributed by atoms with Crippen molar-refractivity contribution in [2.45, 2.75) is 25.7 Å². The maximum absolute atomic E-state index is 13.6. The molecule has 1 N–H and O–H groups in total. The third kappa shape index (κ3) is 4.05. The average Bonchev–Trinajstić information content (AvgIpc) is 3.23. The van der Waals surface area contributed by atoms with Crippen LogP contribution in [0.15, 0.2) is 91.1 Å². The van der Waals surface area contributed by atoms with Gasteiger partial charge in [0.1, 0.15) is 0 Å². The van der Waals surface area contributed by atoms with Crippen LogP contribution in [0.1, 0.15) is 34.0 Å². The monoisotopic (exact) mass is 461 g/mol. The van der Waals surface area contributed by atoms with Gasteiger partial charge in [0.25, 0.3) is 0 Å². The first-order chi connectivity index (χ1) is 16.3. The summed E-state index contributed by atoms with van der Waals surface area (Å²) in [7, 11) is 0. The Kier molecular flexibility index (Phi) is 5.40. The number of halogens is 3. The molecule has 1 aliphatic heterocycles. The van der Waals surface area contributed by atoms with Gasteiger partial charge < -0.3 is 14.8 Å². The lowest BCUT2D eigenvalue weighted by atomic mass is 10.00. The summed E-state index contributed by atoms with van der Waals surface area (Å²) < 4.78 is 41.7. The Labute approximate surface area is 195 Å². The van der Waals surface area contributed by atoms with Crippen molar-refractivity contribution in [2.24, 2.45) is 0 Å². The van der Waals surface area contributed by atoms with Crippen molar-refractivity contribution in [3.63, 3.8) is 0 Å². The summed E-state index contributed by atoms with van der Waals surface area (Å²) in [6.07, 6.45) is -2.53. The summed E-state index contributed by atoms with van der Waals surface area (Å²) in [5, 5.41) is 2.70. The van der Waals surface area contributed by atoms with Crippen LogP contribution in [0.25, 0.3) is 5.69 Å². The Bertz CT molecular complexity index is 1360. The molecular weight excluding hydrogens is 439 g/mol. The topological polar surface area (TPSA) is 37.3 Å². The van der Waals surface area contributed by atoms with Gasteiger partial charge in [-0.1, -0.05) is 54.1 Å². The molecule has 1 aliphatic rings. The van der Waals surface area contributed by atoms with E-state index in [2.05, 4.69) is 9.88 Å². The fraction of sp³-hybridized carbons (Fsp3) is 0.148. The van der Waals surface area contributed by atoms with Crippen LogP contribution in [0.3, 0.4) is 0 Å². The molecule has 1 unspecified atom stereocenters. The summed E-state index contributed by atoms with van der Waals surface area (Å²) in [5.74, 6) is 0. The highest BCUT2D eigenvalue weighted by Gasteiger charge is 2.34. The third-order valence-electron chi connectivity index (χ3n) is 6.02. The van der Waals surface area contributed by atoms with E-state index in [-0.39, 0.29) is 5.69 Å². The standard InChI is InChI=1S/C27H22F3N3O/c1-18-7-4-9-19(15-18)25-24-13-6-14-32(24)23-12-3-2-8-20(23)17-33(25)26(34)31-22-11-5-10-21(16-22)27(28,29)30/h2-16,25H,17H2,1H3,(H,31,34). The van der Waals surface area contributed by atoms with Crippen LogP contribution in [0, 0.1) is 6.92 Å². The Morgan fingerprint density at radius 2 is 1.74 bits per heavy atom. The fourth-order valence-electron chi connectivity index (χ4n) is 4.50. The lowest BCUT2D eigenvalue weighted by Gasteiger charge is -2.31. The normalized spacial score (nSPS) is 15.3. The highest BCUT2D eigenvalue weighted by molar-refractivity contribution is 5.90. The third-order valence-corrected chi connectivity index (χ3v) is 6.02. The average molecular weight is 461 g/mol. The second-order valence-corrected chi connectivity index (χ2v) is 8.39. The molecular formula is C27H22F3N3O. The van der Waals surface area contributed by atoms with E-state index >= 15 is 0 Å². The molecule has 0 saturated carbocycles. The van der Waals surface area contributed by atoms with Gasteiger partial charge in [-0.3, -0.25) is 0 Å². The van der Waals surface area contributed by atoms with E-state index in [1.807, 2.05) is 73.8 Å². The lowest BCUT2D eigenvalue weighted by Crippen LogP contribution is -2.38. The van der Waals surface area contributed by atoms with E-state index in [0.717, 1.165) is 40.2 Å². The molecule has 1 aromatic heterocycles. The van der Waals surface area contributed by atoms with Gasteiger partial charge in [-0.2, -0.15) is 13.2 Å². The first kappa shape index (κ1) is 21.8. The largest absolute Gasteiger partial charge is 0.416 e. The number of aromatic nitrogens is 1. The first-order valence-electron chi connectivity index (χ1n) is 10.9. The number of hydrogen-bond donors (Lipinski definition) is 1. The molecule has 0 aliphatic carbocycles. The summed E-state index contributed by atoms with van der Waals surface area (Å²) >= 11 is 0. The van der Waals surface area contributed by atoms with Crippen LogP contribution in [0.4, 0.5) is 23.7 Å². The van der Waals surface area contributed by atoms with Gasteiger partial charge in [0.2, 0.25) is 0 Å². The predicted molar refractivity (Wildman–Crippen MR) is 125 cm³/mol. The molecule has 0 bridgehead atoms. The van der Waals surface area contributed by atoms with Crippen LogP contribution < -0.4 is 5.32 Å². The number of para-hydroxylation sites is 1. The van der Waals surface area contributed by atoms with E-state index < -0.39 is 23.8 Å². The summed E-state index contributed by atoms with van der Waals surface area (Å²) in [6.45, 7) is 2.28. The highest BCUT2D eigenvalue weighted by atomic mass is 19.4. The molecule has 5 rings (SSSR count). The summed E-state index contributed by atoms with van der Waals surface area (Å²) in [5.41, 5.74) is 4.06. The van der Waals surface area contributed by atoms with Crippen LogP contribution in [-0.4, -0.2) is 15.5 Å². The second kappa shape index (κ2) is 8.41.